The van der Waals surface area contributed by atoms with Gasteiger partial charge in [-0.3, -0.25) is 0 Å². The summed E-state index contributed by atoms with van der Waals surface area (Å²) < 4.78 is 0. The first kappa shape index (κ1) is 12.9. The third-order valence-corrected chi connectivity index (χ3v) is 4.24. The SMILES string of the molecule is Cc1cc(N(c2ccccc2)c2ccccc2)c(C)s1. The van der Waals surface area contributed by atoms with E-state index in [-0.39, 0.29) is 0 Å². The molecule has 0 bridgehead atoms. The lowest BCUT2D eigenvalue weighted by atomic mass is 10.2. The average Bonchev–Trinajstić information content (AvgIpc) is 2.80. The van der Waals surface area contributed by atoms with Gasteiger partial charge in [-0.1, -0.05) is 36.4 Å². The van der Waals surface area contributed by atoms with Crippen molar-refractivity contribution in [2.45, 2.75) is 13.8 Å². The van der Waals surface area contributed by atoms with E-state index in [2.05, 4.69) is 85.5 Å². The Bertz CT molecular complexity index is 646. The summed E-state index contributed by atoms with van der Waals surface area (Å²) in [4.78, 5) is 5.00. The van der Waals surface area contributed by atoms with E-state index in [4.69, 9.17) is 0 Å². The quantitative estimate of drug-likeness (QED) is 0.582. The Balaban J connectivity index is 2.16. The molecule has 0 atom stereocenters. The third-order valence-electron chi connectivity index (χ3n) is 3.28. The summed E-state index contributed by atoms with van der Waals surface area (Å²) in [7, 11) is 0. The van der Waals surface area contributed by atoms with E-state index in [0.717, 1.165) is 0 Å². The summed E-state index contributed by atoms with van der Waals surface area (Å²) in [6, 6.07) is 23.3. The highest BCUT2D eigenvalue weighted by Gasteiger charge is 2.15. The zero-order chi connectivity index (χ0) is 13.9. The number of rotatable bonds is 3. The van der Waals surface area contributed by atoms with Gasteiger partial charge in [-0.15, -0.1) is 11.3 Å². The Morgan fingerprint density at radius 3 is 1.65 bits per heavy atom. The van der Waals surface area contributed by atoms with Crippen molar-refractivity contribution in [3.63, 3.8) is 0 Å². The van der Waals surface area contributed by atoms with Crippen LogP contribution in [0, 0.1) is 13.8 Å². The van der Waals surface area contributed by atoms with E-state index < -0.39 is 0 Å². The smallest absolute Gasteiger partial charge is 0.0600 e. The highest BCUT2D eigenvalue weighted by molar-refractivity contribution is 7.12. The van der Waals surface area contributed by atoms with Crippen LogP contribution in [0.15, 0.2) is 66.7 Å². The molecule has 100 valence electrons. The summed E-state index contributed by atoms with van der Waals surface area (Å²) in [6.07, 6.45) is 0. The van der Waals surface area contributed by atoms with E-state index in [0.29, 0.717) is 0 Å². The van der Waals surface area contributed by atoms with Gasteiger partial charge in [0.05, 0.1) is 5.69 Å². The van der Waals surface area contributed by atoms with E-state index in [9.17, 15) is 0 Å². The lowest BCUT2D eigenvalue weighted by molar-refractivity contribution is 1.27. The maximum Gasteiger partial charge on any atom is 0.0600 e. The molecule has 1 heterocycles. The molecule has 0 saturated heterocycles. The molecule has 20 heavy (non-hydrogen) atoms. The molecule has 3 aromatic rings. The van der Waals surface area contributed by atoms with Gasteiger partial charge in [0.1, 0.15) is 0 Å². The molecule has 2 heteroatoms. The first-order valence-electron chi connectivity index (χ1n) is 6.73. The molecule has 0 radical (unpaired) electrons. The second kappa shape index (κ2) is 5.51. The van der Waals surface area contributed by atoms with E-state index >= 15 is 0 Å². The predicted molar refractivity (Wildman–Crippen MR) is 88.5 cm³/mol. The Morgan fingerprint density at radius 2 is 1.25 bits per heavy atom. The molecule has 0 aliphatic carbocycles. The molecule has 2 aromatic carbocycles. The predicted octanol–water partition coefficient (Wildman–Crippen LogP) is 5.83. The summed E-state index contributed by atoms with van der Waals surface area (Å²) in [5.41, 5.74) is 3.66. The monoisotopic (exact) mass is 279 g/mol. The van der Waals surface area contributed by atoms with Gasteiger partial charge in [0.2, 0.25) is 0 Å². The Morgan fingerprint density at radius 1 is 0.750 bits per heavy atom. The number of anilines is 3. The Hall–Kier alpha value is -2.06. The average molecular weight is 279 g/mol. The maximum absolute atomic E-state index is 2.32. The summed E-state index contributed by atoms with van der Waals surface area (Å²) >= 11 is 1.85. The minimum absolute atomic E-state index is 1.19. The summed E-state index contributed by atoms with van der Waals surface area (Å²) in [5, 5.41) is 0. The first-order valence-corrected chi connectivity index (χ1v) is 7.54. The van der Waals surface area contributed by atoms with Crippen molar-refractivity contribution in [1.82, 2.24) is 0 Å². The van der Waals surface area contributed by atoms with Crippen molar-refractivity contribution in [2.24, 2.45) is 0 Å². The molecule has 0 amide bonds. The minimum atomic E-state index is 1.19. The van der Waals surface area contributed by atoms with Crippen molar-refractivity contribution in [2.75, 3.05) is 4.90 Å². The summed E-state index contributed by atoms with van der Waals surface area (Å²) in [5.74, 6) is 0. The number of nitrogens with zero attached hydrogens (tertiary/aromatic N) is 1. The minimum Gasteiger partial charge on any atom is -0.309 e. The van der Waals surface area contributed by atoms with Crippen molar-refractivity contribution in [3.05, 3.63) is 76.5 Å². The molecule has 0 spiro atoms. The fourth-order valence-electron chi connectivity index (χ4n) is 2.42. The second-order valence-corrected chi connectivity index (χ2v) is 6.27. The van der Waals surface area contributed by atoms with Gasteiger partial charge in [-0.2, -0.15) is 0 Å². The fraction of sp³-hybridized carbons (Fsp3) is 0.111. The van der Waals surface area contributed by atoms with Crippen molar-refractivity contribution >= 4 is 28.4 Å². The van der Waals surface area contributed by atoms with Crippen LogP contribution in [-0.2, 0) is 0 Å². The largest absolute Gasteiger partial charge is 0.309 e. The molecule has 0 aliphatic heterocycles. The van der Waals surface area contributed by atoms with Gasteiger partial charge in [-0.05, 0) is 44.2 Å². The van der Waals surface area contributed by atoms with Gasteiger partial charge in [0.15, 0.2) is 0 Å². The number of hydrogen-bond acceptors (Lipinski definition) is 2. The van der Waals surface area contributed by atoms with Crippen LogP contribution in [-0.4, -0.2) is 0 Å². The van der Waals surface area contributed by atoms with Crippen LogP contribution in [0.25, 0.3) is 0 Å². The van der Waals surface area contributed by atoms with Crippen LogP contribution in [0.1, 0.15) is 9.75 Å². The van der Waals surface area contributed by atoms with Crippen molar-refractivity contribution in [1.29, 1.82) is 0 Å². The fourth-order valence-corrected chi connectivity index (χ4v) is 3.33. The number of thiophene rings is 1. The molecule has 0 aliphatic rings. The molecule has 0 saturated carbocycles. The zero-order valence-electron chi connectivity index (χ0n) is 11.7. The molecule has 1 aromatic heterocycles. The van der Waals surface area contributed by atoms with Gasteiger partial charge in [-0.25, -0.2) is 0 Å². The highest BCUT2D eigenvalue weighted by atomic mass is 32.1. The van der Waals surface area contributed by atoms with Crippen LogP contribution < -0.4 is 4.90 Å². The van der Waals surface area contributed by atoms with Crippen molar-refractivity contribution in [3.8, 4) is 0 Å². The highest BCUT2D eigenvalue weighted by Crippen LogP contribution is 2.39. The van der Waals surface area contributed by atoms with Crippen LogP contribution in [0.3, 0.4) is 0 Å². The van der Waals surface area contributed by atoms with E-state index in [1.54, 1.807) is 0 Å². The standard InChI is InChI=1S/C18H17NS/c1-14-13-18(15(2)20-14)19(16-9-5-3-6-10-16)17-11-7-4-8-12-17/h3-13H,1-2H3. The lowest BCUT2D eigenvalue weighted by Gasteiger charge is -2.25. The number of hydrogen-bond donors (Lipinski definition) is 0. The molecule has 3 rings (SSSR count). The van der Waals surface area contributed by atoms with Gasteiger partial charge in [0.25, 0.3) is 0 Å². The van der Waals surface area contributed by atoms with Crippen molar-refractivity contribution < 1.29 is 0 Å². The van der Waals surface area contributed by atoms with Crippen LogP contribution >= 0.6 is 11.3 Å². The molecule has 0 N–H and O–H groups in total. The third kappa shape index (κ3) is 2.47. The number of aryl methyl sites for hydroxylation is 2. The lowest BCUT2D eigenvalue weighted by Crippen LogP contribution is -2.09. The Labute approximate surface area is 124 Å². The number of benzene rings is 2. The van der Waals surface area contributed by atoms with E-state index in [1.165, 1.54) is 26.8 Å². The zero-order valence-corrected chi connectivity index (χ0v) is 12.5. The number of para-hydroxylation sites is 2. The molecule has 1 nitrogen and oxygen atoms in total. The second-order valence-electron chi connectivity index (χ2n) is 4.80. The molecule has 0 unspecified atom stereocenters. The van der Waals surface area contributed by atoms with Gasteiger partial charge in [0, 0.05) is 21.1 Å². The molecular weight excluding hydrogens is 262 g/mol. The Kier molecular flexibility index (Phi) is 3.57. The molecular formula is C18H17NS. The summed E-state index contributed by atoms with van der Waals surface area (Å²) in [6.45, 7) is 4.35. The normalized spacial score (nSPS) is 10.5. The maximum atomic E-state index is 2.32. The van der Waals surface area contributed by atoms with Crippen LogP contribution in [0.2, 0.25) is 0 Å². The first-order chi connectivity index (χ1) is 9.75. The van der Waals surface area contributed by atoms with E-state index in [1.807, 2.05) is 11.3 Å². The topological polar surface area (TPSA) is 3.24 Å². The van der Waals surface area contributed by atoms with Gasteiger partial charge < -0.3 is 4.90 Å². The van der Waals surface area contributed by atoms with Crippen LogP contribution in [0.4, 0.5) is 17.1 Å². The van der Waals surface area contributed by atoms with Crippen LogP contribution in [0.5, 0.6) is 0 Å². The van der Waals surface area contributed by atoms with Gasteiger partial charge >= 0.3 is 0 Å². The molecule has 0 fully saturated rings.